The first-order chi connectivity index (χ1) is 23.5. The molecule has 0 aromatic rings. The van der Waals surface area contributed by atoms with Gasteiger partial charge in [0.05, 0.1) is 36.1 Å². The van der Waals surface area contributed by atoms with Crippen molar-refractivity contribution < 1.29 is 74.4 Å². The average Bonchev–Trinajstić information content (AvgIpc) is 3.61. The Bertz CT molecular complexity index is 1330. The van der Waals surface area contributed by atoms with E-state index >= 15 is 0 Å². The van der Waals surface area contributed by atoms with Gasteiger partial charge < -0.3 is 69.6 Å². The Labute approximate surface area is 290 Å². The lowest BCUT2D eigenvalue weighted by atomic mass is 9.41. The van der Waals surface area contributed by atoms with Crippen LogP contribution < -0.4 is 0 Å². The highest BCUT2D eigenvalue weighted by molar-refractivity contribution is 5.85. The topological polar surface area (TPSA) is 245 Å². The zero-order valence-corrected chi connectivity index (χ0v) is 28.8. The van der Waals surface area contributed by atoms with Crippen LogP contribution in [0, 0.1) is 28.6 Å². The zero-order valence-electron chi connectivity index (χ0n) is 28.8. The van der Waals surface area contributed by atoms with Gasteiger partial charge in [-0.3, -0.25) is 0 Å². The molecule has 9 N–H and O–H groups in total. The lowest BCUT2D eigenvalue weighted by Crippen LogP contribution is -2.71. The molecular formula is C35H54O15. The van der Waals surface area contributed by atoms with E-state index < -0.39 is 102 Å². The molecule has 0 bridgehead atoms. The van der Waals surface area contributed by atoms with Gasteiger partial charge in [-0.1, -0.05) is 13.8 Å². The van der Waals surface area contributed by atoms with Gasteiger partial charge in [-0.05, 0) is 75.2 Å². The maximum atomic E-state index is 12.5. The van der Waals surface area contributed by atoms with Crippen molar-refractivity contribution >= 4 is 5.97 Å². The molecule has 19 unspecified atom stereocenters. The lowest BCUT2D eigenvalue weighted by molar-refractivity contribution is -0.362. The standard InChI is InChI=1S/C35H54O15/c1-15-29(50-31-27(42)25(40)24(39)21(13-36)49-31)26(41)28(43)30(47-15)48-17-4-7-32(2)23-19(5-8-34(32,44)11-17)35(45)9-6-18(16-10-22(38)46-14-16)33(35,3)12-20(23)37/h10,15,17-21,23-31,36-37,39-45H,4-9,11-14H2,1-3H3. The molecule has 0 amide bonds. The maximum Gasteiger partial charge on any atom is 0.331 e. The van der Waals surface area contributed by atoms with Crippen molar-refractivity contribution in [2.45, 2.75) is 157 Å². The van der Waals surface area contributed by atoms with Gasteiger partial charge in [-0.15, -0.1) is 0 Å². The molecule has 50 heavy (non-hydrogen) atoms. The minimum atomic E-state index is -1.71. The first-order valence-electron chi connectivity index (χ1n) is 18.1. The van der Waals surface area contributed by atoms with Gasteiger partial charge in [0, 0.05) is 23.3 Å². The fraction of sp³-hybridized carbons (Fsp3) is 0.914. The highest BCUT2D eigenvalue weighted by atomic mass is 16.7. The first kappa shape index (κ1) is 37.0. The van der Waals surface area contributed by atoms with E-state index in [1.807, 2.05) is 13.8 Å². The summed E-state index contributed by atoms with van der Waals surface area (Å²) in [7, 11) is 0. The number of esters is 1. The number of hydrogen-bond acceptors (Lipinski definition) is 15. The number of carbonyl (C=O) groups excluding carboxylic acids is 1. The van der Waals surface area contributed by atoms with Crippen molar-refractivity contribution in [1.29, 1.82) is 0 Å². The van der Waals surface area contributed by atoms with Crippen LogP contribution in [0.1, 0.15) is 72.1 Å². The zero-order chi connectivity index (χ0) is 36.1. The summed E-state index contributed by atoms with van der Waals surface area (Å²) in [5.74, 6) is -1.11. The smallest absolute Gasteiger partial charge is 0.331 e. The molecule has 0 aromatic heterocycles. The Hall–Kier alpha value is -1.31. The number of aliphatic hydroxyl groups excluding tert-OH is 7. The molecule has 7 rings (SSSR count). The number of aliphatic hydroxyl groups is 9. The SMILES string of the molecule is CC1OC(OC2CCC3(C)C4C(O)CC5(C)C(C6=CC(=O)OC6)CCC5(O)C4CCC3(O)C2)C(O)C(O)C1OC1OC(CO)C(O)C(O)C1O. The van der Waals surface area contributed by atoms with Crippen LogP contribution in [0.3, 0.4) is 0 Å². The van der Waals surface area contributed by atoms with Crippen LogP contribution in [0.15, 0.2) is 11.6 Å². The van der Waals surface area contributed by atoms with Crippen LogP contribution in [0.25, 0.3) is 0 Å². The molecule has 3 heterocycles. The molecule has 4 saturated carbocycles. The summed E-state index contributed by atoms with van der Waals surface area (Å²) in [4.78, 5) is 11.9. The van der Waals surface area contributed by atoms with Crippen molar-refractivity contribution in [2.24, 2.45) is 28.6 Å². The number of ether oxygens (including phenoxy) is 5. The second-order valence-corrected chi connectivity index (χ2v) is 16.6. The summed E-state index contributed by atoms with van der Waals surface area (Å²) in [6.07, 6.45) is -10.6. The van der Waals surface area contributed by atoms with E-state index in [1.165, 1.54) is 6.08 Å². The molecule has 284 valence electrons. The van der Waals surface area contributed by atoms with Crippen LogP contribution in [0.5, 0.6) is 0 Å². The number of hydrogen-bond donors (Lipinski definition) is 9. The van der Waals surface area contributed by atoms with Crippen molar-refractivity contribution in [1.82, 2.24) is 0 Å². The van der Waals surface area contributed by atoms with Crippen molar-refractivity contribution in [3.05, 3.63) is 11.6 Å². The summed E-state index contributed by atoms with van der Waals surface area (Å²) < 4.78 is 28.5. The molecule has 3 aliphatic heterocycles. The maximum absolute atomic E-state index is 12.5. The molecule has 19 atom stereocenters. The predicted octanol–water partition coefficient (Wildman–Crippen LogP) is -1.63. The second kappa shape index (κ2) is 12.9. The summed E-state index contributed by atoms with van der Waals surface area (Å²) in [6.45, 7) is 5.13. The van der Waals surface area contributed by atoms with Crippen molar-refractivity contribution in [2.75, 3.05) is 13.2 Å². The molecule has 15 nitrogen and oxygen atoms in total. The monoisotopic (exact) mass is 714 g/mol. The highest BCUT2D eigenvalue weighted by Crippen LogP contribution is 2.70. The Balaban J connectivity index is 1.02. The third kappa shape index (κ3) is 5.45. The van der Waals surface area contributed by atoms with E-state index in [2.05, 4.69) is 0 Å². The van der Waals surface area contributed by atoms with Gasteiger partial charge in [-0.2, -0.15) is 0 Å². The quantitative estimate of drug-likeness (QED) is 0.111. The molecule has 4 aliphatic carbocycles. The average molecular weight is 715 g/mol. The van der Waals surface area contributed by atoms with Crippen LogP contribution in [0.4, 0.5) is 0 Å². The van der Waals surface area contributed by atoms with E-state index in [9.17, 15) is 50.8 Å². The number of fused-ring (bicyclic) bond motifs is 5. The minimum absolute atomic E-state index is 0.0887. The first-order valence-corrected chi connectivity index (χ1v) is 18.1. The summed E-state index contributed by atoms with van der Waals surface area (Å²) in [6, 6.07) is 0. The van der Waals surface area contributed by atoms with Crippen molar-refractivity contribution in [3.63, 3.8) is 0 Å². The minimum Gasteiger partial charge on any atom is -0.458 e. The fourth-order valence-electron chi connectivity index (χ4n) is 11.4. The van der Waals surface area contributed by atoms with Crippen LogP contribution >= 0.6 is 0 Å². The number of rotatable bonds is 6. The Morgan fingerprint density at radius 3 is 2.20 bits per heavy atom. The lowest BCUT2D eigenvalue weighted by Gasteiger charge is -2.67. The third-order valence-corrected chi connectivity index (χ3v) is 14.3. The normalized spacial score (nSPS) is 56.6. The third-order valence-electron chi connectivity index (χ3n) is 14.3. The van der Waals surface area contributed by atoms with E-state index in [0.717, 1.165) is 5.57 Å². The van der Waals surface area contributed by atoms with Crippen LogP contribution in [-0.2, 0) is 28.5 Å². The molecular weight excluding hydrogens is 660 g/mol. The number of cyclic esters (lactones) is 1. The highest BCUT2D eigenvalue weighted by Gasteiger charge is 2.72. The van der Waals surface area contributed by atoms with Gasteiger partial charge in [0.1, 0.15) is 49.3 Å². The van der Waals surface area contributed by atoms with Gasteiger partial charge in [0.2, 0.25) is 0 Å². The van der Waals surface area contributed by atoms with E-state index in [4.69, 9.17) is 23.7 Å². The van der Waals surface area contributed by atoms with Gasteiger partial charge in [0.25, 0.3) is 0 Å². The summed E-state index contributed by atoms with van der Waals surface area (Å²) in [5.41, 5.74) is -2.89. The molecule has 0 aromatic carbocycles. The molecule has 2 saturated heterocycles. The summed E-state index contributed by atoms with van der Waals surface area (Å²) >= 11 is 0. The number of carbonyl (C=O) groups is 1. The van der Waals surface area contributed by atoms with Crippen molar-refractivity contribution in [3.8, 4) is 0 Å². The van der Waals surface area contributed by atoms with E-state index in [0.29, 0.717) is 44.9 Å². The Morgan fingerprint density at radius 2 is 1.52 bits per heavy atom. The van der Waals surface area contributed by atoms with Gasteiger partial charge in [-0.25, -0.2) is 4.79 Å². The Morgan fingerprint density at radius 1 is 0.820 bits per heavy atom. The molecule has 0 radical (unpaired) electrons. The molecule has 6 fully saturated rings. The summed E-state index contributed by atoms with van der Waals surface area (Å²) in [5, 5.41) is 98.9. The molecule has 15 heteroatoms. The fourth-order valence-corrected chi connectivity index (χ4v) is 11.4. The predicted molar refractivity (Wildman–Crippen MR) is 168 cm³/mol. The second-order valence-electron chi connectivity index (χ2n) is 16.6. The molecule has 0 spiro atoms. The van der Waals surface area contributed by atoms with E-state index in [-0.39, 0.29) is 36.8 Å². The van der Waals surface area contributed by atoms with Gasteiger partial charge in [0.15, 0.2) is 12.6 Å². The molecule has 7 aliphatic rings. The van der Waals surface area contributed by atoms with Gasteiger partial charge >= 0.3 is 5.97 Å². The van der Waals surface area contributed by atoms with E-state index in [1.54, 1.807) is 6.92 Å². The Kier molecular flexibility index (Phi) is 9.57. The van der Waals surface area contributed by atoms with Crippen LogP contribution in [0.2, 0.25) is 0 Å². The van der Waals surface area contributed by atoms with Crippen LogP contribution in [-0.4, -0.2) is 150 Å². The largest absolute Gasteiger partial charge is 0.458 e.